The van der Waals surface area contributed by atoms with Crippen LogP contribution < -0.4 is 0 Å². The standard InChI is InChI=1S/C13H14FNOS/c14-13-4-3-10(7-15)6-11(13)8-17-9-12-2-1-5-16-12/h3-4,6,12H,1-2,5,8-9H2/t12-/m1/s1. The van der Waals surface area contributed by atoms with Gasteiger partial charge in [0.05, 0.1) is 17.7 Å². The second-order valence-corrected chi connectivity index (χ2v) is 5.10. The molecule has 0 radical (unpaired) electrons. The molecule has 17 heavy (non-hydrogen) atoms. The number of benzene rings is 1. The number of nitriles is 1. The maximum Gasteiger partial charge on any atom is 0.127 e. The van der Waals surface area contributed by atoms with Crippen molar-refractivity contribution >= 4 is 11.8 Å². The van der Waals surface area contributed by atoms with Crippen LogP contribution in [0.2, 0.25) is 0 Å². The van der Waals surface area contributed by atoms with Gasteiger partial charge in [-0.25, -0.2) is 4.39 Å². The van der Waals surface area contributed by atoms with E-state index in [2.05, 4.69) is 0 Å². The van der Waals surface area contributed by atoms with Gasteiger partial charge < -0.3 is 4.74 Å². The van der Waals surface area contributed by atoms with Gasteiger partial charge in [-0.3, -0.25) is 0 Å². The van der Waals surface area contributed by atoms with Crippen LogP contribution in [0.5, 0.6) is 0 Å². The molecule has 1 fully saturated rings. The molecule has 1 atom stereocenters. The molecule has 90 valence electrons. The summed E-state index contributed by atoms with van der Waals surface area (Å²) in [6.07, 6.45) is 2.55. The Morgan fingerprint density at radius 2 is 2.41 bits per heavy atom. The summed E-state index contributed by atoms with van der Waals surface area (Å²) in [4.78, 5) is 0. The molecule has 1 aliphatic heterocycles. The van der Waals surface area contributed by atoms with E-state index in [1.807, 2.05) is 6.07 Å². The Labute approximate surface area is 105 Å². The van der Waals surface area contributed by atoms with Crippen molar-refractivity contribution in [1.29, 1.82) is 5.26 Å². The predicted octanol–water partition coefficient (Wildman–Crippen LogP) is 3.11. The molecule has 1 aromatic carbocycles. The summed E-state index contributed by atoms with van der Waals surface area (Å²) < 4.78 is 19.0. The largest absolute Gasteiger partial charge is 0.377 e. The number of thioether (sulfide) groups is 1. The van der Waals surface area contributed by atoms with E-state index >= 15 is 0 Å². The minimum atomic E-state index is -0.233. The molecule has 0 unspecified atom stereocenters. The van der Waals surface area contributed by atoms with Crippen molar-refractivity contribution in [3.8, 4) is 6.07 Å². The number of halogens is 1. The van der Waals surface area contributed by atoms with Gasteiger partial charge in [0.25, 0.3) is 0 Å². The summed E-state index contributed by atoms with van der Waals surface area (Å²) in [7, 11) is 0. The van der Waals surface area contributed by atoms with E-state index in [1.54, 1.807) is 17.8 Å². The Hall–Kier alpha value is -1.05. The molecule has 2 nitrogen and oxygen atoms in total. The van der Waals surface area contributed by atoms with E-state index in [0.717, 1.165) is 25.2 Å². The molecular weight excluding hydrogens is 237 g/mol. The van der Waals surface area contributed by atoms with E-state index in [4.69, 9.17) is 10.00 Å². The molecule has 0 amide bonds. The maximum atomic E-state index is 13.5. The van der Waals surface area contributed by atoms with E-state index < -0.39 is 0 Å². The maximum absolute atomic E-state index is 13.5. The molecule has 1 saturated heterocycles. The van der Waals surface area contributed by atoms with Crippen LogP contribution in [0.25, 0.3) is 0 Å². The number of rotatable bonds is 4. The lowest BCUT2D eigenvalue weighted by atomic mass is 10.1. The van der Waals surface area contributed by atoms with Crippen LogP contribution in [0.3, 0.4) is 0 Å². The second-order valence-electron chi connectivity index (χ2n) is 4.07. The minimum Gasteiger partial charge on any atom is -0.377 e. The number of hydrogen-bond donors (Lipinski definition) is 0. The van der Waals surface area contributed by atoms with E-state index in [-0.39, 0.29) is 5.82 Å². The van der Waals surface area contributed by atoms with Gasteiger partial charge in [0, 0.05) is 18.1 Å². The van der Waals surface area contributed by atoms with Crippen LogP contribution in [0.4, 0.5) is 4.39 Å². The van der Waals surface area contributed by atoms with Gasteiger partial charge in [0.15, 0.2) is 0 Å². The fraction of sp³-hybridized carbons (Fsp3) is 0.462. The van der Waals surface area contributed by atoms with Crippen LogP contribution in [0.15, 0.2) is 18.2 Å². The highest BCUT2D eigenvalue weighted by atomic mass is 32.2. The Morgan fingerprint density at radius 1 is 1.53 bits per heavy atom. The van der Waals surface area contributed by atoms with Gasteiger partial charge in [0.1, 0.15) is 5.82 Å². The third-order valence-corrected chi connectivity index (χ3v) is 3.88. The molecule has 2 rings (SSSR count). The van der Waals surface area contributed by atoms with Gasteiger partial charge >= 0.3 is 0 Å². The molecular formula is C13H14FNOS. The smallest absolute Gasteiger partial charge is 0.127 e. The monoisotopic (exact) mass is 251 g/mol. The zero-order chi connectivity index (χ0) is 12.1. The van der Waals surface area contributed by atoms with E-state index in [0.29, 0.717) is 23.0 Å². The first-order valence-electron chi connectivity index (χ1n) is 5.67. The van der Waals surface area contributed by atoms with Gasteiger partial charge in [-0.05, 0) is 36.6 Å². The van der Waals surface area contributed by atoms with Crippen molar-refractivity contribution in [1.82, 2.24) is 0 Å². The van der Waals surface area contributed by atoms with Gasteiger partial charge in [-0.2, -0.15) is 17.0 Å². The number of nitrogens with zero attached hydrogens (tertiary/aromatic N) is 1. The van der Waals surface area contributed by atoms with Crippen LogP contribution >= 0.6 is 11.8 Å². The van der Waals surface area contributed by atoms with Crippen molar-refractivity contribution in [2.45, 2.75) is 24.7 Å². The van der Waals surface area contributed by atoms with Crippen molar-refractivity contribution in [2.24, 2.45) is 0 Å². The summed E-state index contributed by atoms with van der Waals surface area (Å²) in [5.74, 6) is 1.26. The van der Waals surface area contributed by atoms with Crippen LogP contribution in [0.1, 0.15) is 24.0 Å². The minimum absolute atomic E-state index is 0.233. The lowest BCUT2D eigenvalue weighted by Gasteiger charge is -2.09. The van der Waals surface area contributed by atoms with Gasteiger partial charge in [-0.15, -0.1) is 0 Å². The van der Waals surface area contributed by atoms with Crippen molar-refractivity contribution in [3.63, 3.8) is 0 Å². The summed E-state index contributed by atoms with van der Waals surface area (Å²) in [5.41, 5.74) is 1.12. The third-order valence-electron chi connectivity index (χ3n) is 2.76. The first kappa shape index (κ1) is 12.4. The first-order valence-corrected chi connectivity index (χ1v) is 6.83. The quantitative estimate of drug-likeness (QED) is 0.824. The number of ether oxygens (including phenoxy) is 1. The summed E-state index contributed by atoms with van der Waals surface area (Å²) >= 11 is 1.66. The molecule has 1 aromatic rings. The molecule has 0 aliphatic carbocycles. The van der Waals surface area contributed by atoms with Crippen LogP contribution in [-0.4, -0.2) is 18.5 Å². The Bertz CT molecular complexity index is 424. The third kappa shape index (κ3) is 3.45. The Balaban J connectivity index is 1.87. The normalized spacial score (nSPS) is 19.2. The zero-order valence-electron chi connectivity index (χ0n) is 9.49. The fourth-order valence-corrected chi connectivity index (χ4v) is 2.92. The lowest BCUT2D eigenvalue weighted by Crippen LogP contribution is -2.08. The molecule has 0 bridgehead atoms. The highest BCUT2D eigenvalue weighted by Crippen LogP contribution is 2.22. The average molecular weight is 251 g/mol. The Kier molecular flexibility index (Phi) is 4.41. The van der Waals surface area contributed by atoms with Crippen molar-refractivity contribution in [3.05, 3.63) is 35.1 Å². The van der Waals surface area contributed by atoms with Crippen LogP contribution in [0, 0.1) is 17.1 Å². The highest BCUT2D eigenvalue weighted by molar-refractivity contribution is 7.98. The first-order chi connectivity index (χ1) is 8.29. The topological polar surface area (TPSA) is 33.0 Å². The fourth-order valence-electron chi connectivity index (χ4n) is 1.83. The molecule has 4 heteroatoms. The highest BCUT2D eigenvalue weighted by Gasteiger charge is 2.15. The Morgan fingerprint density at radius 3 is 3.12 bits per heavy atom. The van der Waals surface area contributed by atoms with Crippen molar-refractivity contribution in [2.75, 3.05) is 12.4 Å². The summed E-state index contributed by atoms with van der Waals surface area (Å²) in [6, 6.07) is 6.51. The molecule has 0 saturated carbocycles. The van der Waals surface area contributed by atoms with Gasteiger partial charge in [0.2, 0.25) is 0 Å². The summed E-state index contributed by atoms with van der Waals surface area (Å²) in [6.45, 7) is 0.851. The molecule has 0 N–H and O–H groups in total. The molecule has 1 aliphatic rings. The molecule has 1 heterocycles. The van der Waals surface area contributed by atoms with Crippen LogP contribution in [-0.2, 0) is 10.5 Å². The summed E-state index contributed by atoms with van der Waals surface area (Å²) in [5, 5.41) is 8.75. The number of hydrogen-bond acceptors (Lipinski definition) is 3. The molecule has 0 spiro atoms. The average Bonchev–Trinajstić information content (AvgIpc) is 2.84. The zero-order valence-corrected chi connectivity index (χ0v) is 10.3. The second kappa shape index (κ2) is 6.04. The van der Waals surface area contributed by atoms with E-state index in [1.165, 1.54) is 12.1 Å². The predicted molar refractivity (Wildman–Crippen MR) is 66.3 cm³/mol. The molecule has 0 aromatic heterocycles. The SMILES string of the molecule is N#Cc1ccc(F)c(CSC[C@H]2CCCO2)c1. The van der Waals surface area contributed by atoms with Gasteiger partial charge in [-0.1, -0.05) is 0 Å². The van der Waals surface area contributed by atoms with Crippen molar-refractivity contribution < 1.29 is 9.13 Å². The van der Waals surface area contributed by atoms with E-state index in [9.17, 15) is 4.39 Å². The lowest BCUT2D eigenvalue weighted by molar-refractivity contribution is 0.129.